The number of Topliss-reactive ketones (excluding diaryl/α,β-unsaturated/α-hetero) is 1. The molecule has 4 aromatic rings. The quantitative estimate of drug-likeness (QED) is 0.259. The molecule has 0 radical (unpaired) electrons. The number of likely N-dealkylation sites (tertiary alicyclic amines) is 1. The number of ketones is 1. The fourth-order valence-electron chi connectivity index (χ4n) is 6.06. The summed E-state index contributed by atoms with van der Waals surface area (Å²) in [7, 11) is 0. The molecule has 3 aromatic carbocycles. The van der Waals surface area contributed by atoms with E-state index in [1.54, 1.807) is 19.1 Å². The minimum Gasteiger partial charge on any atom is -0.334 e. The molecule has 1 amide bonds. The Bertz CT molecular complexity index is 1570. The average molecular weight is 582 g/mol. The fraction of sp³-hybridized carbons (Fsp3) is 0.353. The number of amides is 1. The van der Waals surface area contributed by atoms with Crippen LogP contribution in [0.15, 0.2) is 77.3 Å². The van der Waals surface area contributed by atoms with Crippen LogP contribution in [0.25, 0.3) is 34.0 Å². The minimum atomic E-state index is -0.959. The maximum atomic E-state index is 14.9. The largest absolute Gasteiger partial charge is 0.334 e. The molecule has 0 saturated carbocycles. The first kappa shape index (κ1) is 28.9. The summed E-state index contributed by atoms with van der Waals surface area (Å²) in [5.41, 5.74) is 5.82. The molecule has 0 bridgehead atoms. The lowest BCUT2D eigenvalue weighted by Crippen LogP contribution is -2.56. The van der Waals surface area contributed by atoms with Crippen molar-refractivity contribution in [3.05, 3.63) is 84.2 Å². The van der Waals surface area contributed by atoms with E-state index >= 15 is 0 Å². The highest BCUT2D eigenvalue weighted by molar-refractivity contribution is 6.05. The molecular formula is C34H36FN5O3. The van der Waals surface area contributed by atoms with E-state index in [2.05, 4.69) is 20.5 Å². The molecule has 0 atom stereocenters. The van der Waals surface area contributed by atoms with Crippen LogP contribution in [-0.2, 0) is 16.1 Å². The molecular weight excluding hydrogens is 545 g/mol. The molecule has 2 saturated heterocycles. The molecule has 1 N–H and O–H groups in total. The molecule has 2 fully saturated rings. The number of hydrogen-bond acceptors (Lipinski definition) is 7. The Kier molecular flexibility index (Phi) is 8.44. The predicted molar refractivity (Wildman–Crippen MR) is 162 cm³/mol. The van der Waals surface area contributed by atoms with Crippen LogP contribution in [0, 0.1) is 11.2 Å². The van der Waals surface area contributed by atoms with E-state index in [9.17, 15) is 14.0 Å². The van der Waals surface area contributed by atoms with Crippen LogP contribution in [0.2, 0.25) is 0 Å². The summed E-state index contributed by atoms with van der Waals surface area (Å²) in [6, 6.07) is 22.2. The van der Waals surface area contributed by atoms with Crippen molar-refractivity contribution < 1.29 is 18.5 Å². The first-order valence-electron chi connectivity index (χ1n) is 15.0. The number of carbonyl (C=O) groups is 2. The number of carbonyl (C=O) groups excluding carboxylic acids is 2. The van der Waals surface area contributed by atoms with Crippen molar-refractivity contribution in [1.82, 2.24) is 25.5 Å². The van der Waals surface area contributed by atoms with Gasteiger partial charge in [-0.2, -0.15) is 4.98 Å². The summed E-state index contributed by atoms with van der Waals surface area (Å²) in [5.74, 6) is 0.122. The van der Waals surface area contributed by atoms with E-state index in [1.807, 2.05) is 59.6 Å². The fourth-order valence-corrected chi connectivity index (χ4v) is 6.06. The molecule has 43 heavy (non-hydrogen) atoms. The monoisotopic (exact) mass is 581 g/mol. The number of hydrazine groups is 1. The van der Waals surface area contributed by atoms with Gasteiger partial charge in [-0.15, -0.1) is 0 Å². The van der Waals surface area contributed by atoms with Crippen LogP contribution in [-0.4, -0.2) is 57.9 Å². The zero-order valence-corrected chi connectivity index (χ0v) is 24.4. The highest BCUT2D eigenvalue weighted by atomic mass is 19.1. The van der Waals surface area contributed by atoms with E-state index in [-0.39, 0.29) is 23.4 Å². The summed E-state index contributed by atoms with van der Waals surface area (Å²) in [6.45, 7) is 5.28. The Morgan fingerprint density at radius 1 is 0.884 bits per heavy atom. The summed E-state index contributed by atoms with van der Waals surface area (Å²) < 4.78 is 20.3. The molecule has 2 aliphatic rings. The highest BCUT2D eigenvalue weighted by Crippen LogP contribution is 2.34. The van der Waals surface area contributed by atoms with Crippen molar-refractivity contribution in [2.24, 2.45) is 5.41 Å². The third kappa shape index (κ3) is 6.28. The van der Waals surface area contributed by atoms with Crippen molar-refractivity contribution in [2.75, 3.05) is 26.2 Å². The smallest absolute Gasteiger partial charge is 0.258 e. The average Bonchev–Trinajstić information content (AvgIpc) is 3.53. The van der Waals surface area contributed by atoms with Gasteiger partial charge in [-0.3, -0.25) is 19.9 Å². The molecule has 222 valence electrons. The second kappa shape index (κ2) is 12.6. The maximum absolute atomic E-state index is 14.9. The van der Waals surface area contributed by atoms with E-state index in [0.29, 0.717) is 49.4 Å². The van der Waals surface area contributed by atoms with E-state index in [4.69, 9.17) is 4.52 Å². The number of nitrogens with one attached hydrogen (secondary N) is 1. The Morgan fingerprint density at radius 2 is 1.58 bits per heavy atom. The second-order valence-electron chi connectivity index (χ2n) is 11.6. The first-order valence-corrected chi connectivity index (χ1v) is 15.0. The van der Waals surface area contributed by atoms with Crippen LogP contribution in [0.5, 0.6) is 0 Å². The van der Waals surface area contributed by atoms with Crippen molar-refractivity contribution in [2.45, 2.75) is 45.6 Å². The van der Waals surface area contributed by atoms with Crippen molar-refractivity contribution in [3.63, 3.8) is 0 Å². The van der Waals surface area contributed by atoms with Crippen molar-refractivity contribution in [3.8, 4) is 34.0 Å². The third-order valence-electron chi connectivity index (χ3n) is 8.78. The SMILES string of the molecule is CC(=O)C1(C(=O)NN2CCCCC2)CCN(Cc2ccc(-c3noc(-c4ccc(-c5ccccc5)c(F)c4)n3)cc2)CC1. The molecule has 8 nitrogen and oxygen atoms in total. The molecule has 0 aliphatic carbocycles. The number of rotatable bonds is 8. The van der Waals surface area contributed by atoms with Gasteiger partial charge in [-0.1, -0.05) is 72.2 Å². The Balaban J connectivity index is 1.07. The molecule has 6 rings (SSSR count). The second-order valence-corrected chi connectivity index (χ2v) is 11.6. The van der Waals surface area contributed by atoms with Gasteiger partial charge in [0, 0.05) is 36.3 Å². The normalized spacial score (nSPS) is 17.4. The van der Waals surface area contributed by atoms with Gasteiger partial charge in [0.15, 0.2) is 0 Å². The van der Waals surface area contributed by atoms with Gasteiger partial charge >= 0.3 is 0 Å². The third-order valence-corrected chi connectivity index (χ3v) is 8.78. The summed E-state index contributed by atoms with van der Waals surface area (Å²) in [5, 5.41) is 6.09. The standard InChI is InChI=1S/C34H36FN5O3/c1-24(41)34(33(42)37-40-18-6-3-7-19-40)16-20-39(21-17-34)23-25-10-12-27(13-11-25)31-36-32(43-38-31)28-14-15-29(30(35)22-28)26-8-4-2-5-9-26/h2,4-5,8-15,22H,3,6-7,16-21,23H2,1H3,(H,37,42). The van der Waals surface area contributed by atoms with Gasteiger partial charge in [0.1, 0.15) is 17.0 Å². The van der Waals surface area contributed by atoms with Gasteiger partial charge in [-0.05, 0) is 69.0 Å². The van der Waals surface area contributed by atoms with Crippen LogP contribution in [0.1, 0.15) is 44.6 Å². The molecule has 3 heterocycles. The zero-order valence-electron chi connectivity index (χ0n) is 24.4. The first-order chi connectivity index (χ1) is 20.9. The van der Waals surface area contributed by atoms with Gasteiger partial charge < -0.3 is 4.52 Å². The predicted octanol–water partition coefficient (Wildman–Crippen LogP) is 5.90. The summed E-state index contributed by atoms with van der Waals surface area (Å²) >= 11 is 0. The lowest BCUT2D eigenvalue weighted by atomic mass is 9.74. The lowest BCUT2D eigenvalue weighted by Gasteiger charge is -2.40. The zero-order chi connectivity index (χ0) is 29.8. The molecule has 1 aromatic heterocycles. The topological polar surface area (TPSA) is 91.6 Å². The number of piperidine rings is 2. The Hall–Kier alpha value is -4.21. The van der Waals surface area contributed by atoms with Gasteiger partial charge in [0.2, 0.25) is 11.7 Å². The maximum Gasteiger partial charge on any atom is 0.258 e. The minimum absolute atomic E-state index is 0.0552. The molecule has 2 aliphatic heterocycles. The van der Waals surface area contributed by atoms with Gasteiger partial charge in [0.05, 0.1) is 0 Å². The van der Waals surface area contributed by atoms with Crippen molar-refractivity contribution in [1.29, 1.82) is 0 Å². The van der Waals surface area contributed by atoms with Gasteiger partial charge in [0.25, 0.3) is 5.89 Å². The van der Waals surface area contributed by atoms with E-state index in [1.165, 1.54) is 12.5 Å². The van der Waals surface area contributed by atoms with Crippen LogP contribution in [0.4, 0.5) is 4.39 Å². The van der Waals surface area contributed by atoms with Crippen LogP contribution < -0.4 is 5.43 Å². The summed E-state index contributed by atoms with van der Waals surface area (Å²) in [4.78, 5) is 32.7. The molecule has 9 heteroatoms. The Labute approximate surface area is 250 Å². The lowest BCUT2D eigenvalue weighted by molar-refractivity contribution is -0.148. The number of benzene rings is 3. The van der Waals surface area contributed by atoms with Gasteiger partial charge in [-0.25, -0.2) is 9.40 Å². The van der Waals surface area contributed by atoms with E-state index < -0.39 is 5.41 Å². The molecule has 0 spiro atoms. The van der Waals surface area contributed by atoms with E-state index in [0.717, 1.165) is 42.6 Å². The number of aromatic nitrogens is 2. The number of halogens is 1. The highest BCUT2D eigenvalue weighted by Gasteiger charge is 2.46. The van der Waals surface area contributed by atoms with Crippen LogP contribution in [0.3, 0.4) is 0 Å². The van der Waals surface area contributed by atoms with Crippen LogP contribution >= 0.6 is 0 Å². The summed E-state index contributed by atoms with van der Waals surface area (Å²) in [6.07, 6.45) is 4.34. The number of hydrogen-bond donors (Lipinski definition) is 1. The Morgan fingerprint density at radius 3 is 2.26 bits per heavy atom. The molecule has 0 unspecified atom stereocenters. The van der Waals surface area contributed by atoms with Crippen molar-refractivity contribution >= 4 is 11.7 Å². The number of nitrogens with zero attached hydrogens (tertiary/aromatic N) is 4.